The van der Waals surface area contributed by atoms with Gasteiger partial charge in [-0.25, -0.2) is 15.0 Å². The molecule has 1 aliphatic heterocycles. The Morgan fingerprint density at radius 1 is 0.911 bits per heavy atom. The van der Waals surface area contributed by atoms with Crippen LogP contribution in [0.4, 0.5) is 11.5 Å². The van der Waals surface area contributed by atoms with Crippen molar-refractivity contribution in [2.75, 3.05) is 24.1 Å². The number of likely N-dealkylation sites (tertiary alicyclic amines) is 1. The van der Waals surface area contributed by atoms with Crippen LogP contribution < -0.4 is 11.1 Å². The Labute approximate surface area is 261 Å². The molecule has 3 aromatic heterocycles. The zero-order chi connectivity index (χ0) is 30.8. The molecular weight excluding hydrogens is 562 g/mol. The number of aldehydes is 1. The average Bonchev–Trinajstić information content (AvgIpc) is 3.45. The molecule has 45 heavy (non-hydrogen) atoms. The maximum Gasteiger partial charge on any atom is 0.165 e. The van der Waals surface area contributed by atoms with E-state index in [4.69, 9.17) is 15.7 Å². The van der Waals surface area contributed by atoms with Gasteiger partial charge in [-0.05, 0) is 66.9 Å². The van der Waals surface area contributed by atoms with Crippen molar-refractivity contribution in [1.82, 2.24) is 24.4 Å². The van der Waals surface area contributed by atoms with Crippen LogP contribution in [0.2, 0.25) is 0 Å². The van der Waals surface area contributed by atoms with Crippen LogP contribution in [0.1, 0.15) is 28.8 Å². The van der Waals surface area contributed by atoms with Gasteiger partial charge in [-0.15, -0.1) is 0 Å². The minimum Gasteiger partial charge on any atom is -0.507 e. The number of carbonyl (C=O) groups excluding carboxylic acids is 1. The third-order valence-electron chi connectivity index (χ3n) is 8.37. The normalized spacial score (nSPS) is 14.0. The topological polar surface area (TPSA) is 122 Å². The lowest BCUT2D eigenvalue weighted by Gasteiger charge is -2.33. The lowest BCUT2D eigenvalue weighted by Crippen LogP contribution is -2.38. The summed E-state index contributed by atoms with van der Waals surface area (Å²) in [4.78, 5) is 27.8. The van der Waals surface area contributed by atoms with Gasteiger partial charge in [0.15, 0.2) is 17.8 Å². The van der Waals surface area contributed by atoms with Crippen LogP contribution >= 0.6 is 0 Å². The van der Waals surface area contributed by atoms with Crippen LogP contribution in [0.15, 0.2) is 103 Å². The van der Waals surface area contributed by atoms with E-state index in [1.54, 1.807) is 18.3 Å². The Hall–Kier alpha value is -5.54. The van der Waals surface area contributed by atoms with Gasteiger partial charge in [-0.1, -0.05) is 42.5 Å². The summed E-state index contributed by atoms with van der Waals surface area (Å²) in [6.45, 7) is 2.77. The summed E-state index contributed by atoms with van der Waals surface area (Å²) < 4.78 is 2.06. The zero-order valence-corrected chi connectivity index (χ0v) is 24.7. The van der Waals surface area contributed by atoms with Crippen LogP contribution in [0.5, 0.6) is 5.75 Å². The van der Waals surface area contributed by atoms with E-state index in [-0.39, 0.29) is 5.75 Å². The second-order valence-electron chi connectivity index (χ2n) is 11.4. The molecule has 1 fully saturated rings. The Morgan fingerprint density at radius 3 is 2.44 bits per heavy atom. The molecule has 0 radical (unpaired) electrons. The predicted octanol–water partition coefficient (Wildman–Crippen LogP) is 6.33. The molecule has 0 amide bonds. The quantitative estimate of drug-likeness (QED) is 0.175. The van der Waals surface area contributed by atoms with Crippen molar-refractivity contribution in [2.24, 2.45) is 0 Å². The van der Waals surface area contributed by atoms with Crippen molar-refractivity contribution in [2.45, 2.75) is 25.4 Å². The standard InChI is InChI=1S/C36H33N7O2/c37-34-30(7-4-18-38-34)35-41-32-15-14-31(25-5-2-1-3-6-25)40-36(32)43(35)29-12-8-24(9-13-29)22-42-19-16-27(17-20-42)39-28-11-10-26(23-44)33(45)21-28/h1-15,18,21,23,27,39,45H,16-17,19-20,22H2,(H2,37,38). The van der Waals surface area contributed by atoms with Crippen molar-refractivity contribution in [1.29, 1.82) is 0 Å². The number of nitrogens with two attached hydrogens (primary N) is 1. The number of piperidine rings is 1. The lowest BCUT2D eigenvalue weighted by atomic mass is 10.0. The van der Waals surface area contributed by atoms with Gasteiger partial charge in [0.1, 0.15) is 17.1 Å². The minimum absolute atomic E-state index is 0.00279. The highest BCUT2D eigenvalue weighted by Gasteiger charge is 2.21. The van der Waals surface area contributed by atoms with Crippen LogP contribution in [0.25, 0.3) is 39.5 Å². The number of fused-ring (bicyclic) bond motifs is 1. The highest BCUT2D eigenvalue weighted by Crippen LogP contribution is 2.32. The van der Waals surface area contributed by atoms with E-state index in [1.165, 1.54) is 5.56 Å². The van der Waals surface area contributed by atoms with Crippen molar-refractivity contribution in [3.8, 4) is 34.1 Å². The summed E-state index contributed by atoms with van der Waals surface area (Å²) in [6, 6.07) is 31.9. The van der Waals surface area contributed by atoms with Crippen LogP contribution in [0.3, 0.4) is 0 Å². The number of nitrogens with one attached hydrogen (secondary N) is 1. The number of rotatable bonds is 8. The molecule has 9 heteroatoms. The highest BCUT2D eigenvalue weighted by atomic mass is 16.3. The van der Waals surface area contributed by atoms with Gasteiger partial charge in [0.2, 0.25) is 0 Å². The molecule has 7 rings (SSSR count). The van der Waals surface area contributed by atoms with E-state index in [1.807, 2.05) is 48.5 Å². The van der Waals surface area contributed by atoms with Crippen molar-refractivity contribution < 1.29 is 9.90 Å². The van der Waals surface area contributed by atoms with Crippen molar-refractivity contribution >= 4 is 29.0 Å². The number of imidazole rings is 1. The first kappa shape index (κ1) is 28.2. The number of carbonyl (C=O) groups is 1. The number of aromatic hydroxyl groups is 1. The van der Waals surface area contributed by atoms with Gasteiger partial charge in [0, 0.05) is 54.9 Å². The lowest BCUT2D eigenvalue weighted by molar-refractivity contribution is 0.112. The Balaban J connectivity index is 1.11. The maximum atomic E-state index is 11.0. The SMILES string of the molecule is Nc1ncccc1-c1nc2ccc(-c3ccccc3)nc2n1-c1ccc(CN2CCC(Nc3ccc(C=O)c(O)c3)CC2)cc1. The molecule has 0 saturated carbocycles. The molecule has 3 aromatic carbocycles. The molecule has 224 valence electrons. The van der Waals surface area contributed by atoms with E-state index in [0.717, 1.165) is 71.8 Å². The number of anilines is 2. The molecule has 4 heterocycles. The molecule has 0 spiro atoms. The smallest absolute Gasteiger partial charge is 0.165 e. The summed E-state index contributed by atoms with van der Waals surface area (Å²) >= 11 is 0. The molecule has 1 saturated heterocycles. The number of nitrogens with zero attached hydrogens (tertiary/aromatic N) is 5. The Kier molecular flexibility index (Phi) is 7.67. The predicted molar refractivity (Wildman–Crippen MR) is 177 cm³/mol. The number of phenols is 1. The summed E-state index contributed by atoms with van der Waals surface area (Å²) in [5.74, 6) is 1.12. The second kappa shape index (κ2) is 12.2. The summed E-state index contributed by atoms with van der Waals surface area (Å²) in [6.07, 6.45) is 4.32. The summed E-state index contributed by atoms with van der Waals surface area (Å²) in [5, 5.41) is 13.5. The number of hydrogen-bond donors (Lipinski definition) is 3. The van der Waals surface area contributed by atoms with E-state index in [2.05, 4.69) is 56.2 Å². The number of pyridine rings is 2. The molecule has 0 atom stereocenters. The van der Waals surface area contributed by atoms with Crippen LogP contribution in [-0.2, 0) is 6.54 Å². The van der Waals surface area contributed by atoms with Crippen LogP contribution in [-0.4, -0.2) is 54.9 Å². The molecule has 1 aliphatic rings. The fraction of sp³-hybridized carbons (Fsp3) is 0.167. The number of hydrogen-bond acceptors (Lipinski definition) is 8. The molecule has 6 aromatic rings. The monoisotopic (exact) mass is 595 g/mol. The van der Waals surface area contributed by atoms with Gasteiger partial charge in [-0.3, -0.25) is 14.3 Å². The molecule has 0 bridgehead atoms. The Bertz CT molecular complexity index is 1960. The largest absolute Gasteiger partial charge is 0.507 e. The van der Waals surface area contributed by atoms with Crippen molar-refractivity contribution in [3.63, 3.8) is 0 Å². The van der Waals surface area contributed by atoms with E-state index in [9.17, 15) is 9.90 Å². The highest BCUT2D eigenvalue weighted by molar-refractivity contribution is 5.84. The zero-order valence-electron chi connectivity index (χ0n) is 24.7. The van der Waals surface area contributed by atoms with Gasteiger partial charge in [0.05, 0.1) is 16.8 Å². The number of benzene rings is 3. The number of aromatic nitrogens is 4. The molecule has 0 aliphatic carbocycles. The Morgan fingerprint density at radius 2 is 1.71 bits per heavy atom. The van der Waals surface area contributed by atoms with E-state index in [0.29, 0.717) is 29.5 Å². The molecule has 0 unspecified atom stereocenters. The second-order valence-corrected chi connectivity index (χ2v) is 11.4. The van der Waals surface area contributed by atoms with Crippen molar-refractivity contribution in [3.05, 3.63) is 114 Å². The first-order chi connectivity index (χ1) is 22.1. The molecule has 4 N–H and O–H groups in total. The summed E-state index contributed by atoms with van der Waals surface area (Å²) in [7, 11) is 0. The maximum absolute atomic E-state index is 11.0. The van der Waals surface area contributed by atoms with Gasteiger partial charge in [0.25, 0.3) is 0 Å². The third-order valence-corrected chi connectivity index (χ3v) is 8.37. The average molecular weight is 596 g/mol. The molecular formula is C36H33N7O2. The van der Waals surface area contributed by atoms with E-state index < -0.39 is 0 Å². The number of nitrogen functional groups attached to an aromatic ring is 1. The van der Waals surface area contributed by atoms with Gasteiger partial charge < -0.3 is 16.2 Å². The third kappa shape index (κ3) is 5.85. The van der Waals surface area contributed by atoms with E-state index >= 15 is 0 Å². The summed E-state index contributed by atoms with van der Waals surface area (Å²) in [5.41, 5.74) is 13.8. The first-order valence-corrected chi connectivity index (χ1v) is 15.1. The fourth-order valence-corrected chi connectivity index (χ4v) is 5.97. The fourth-order valence-electron chi connectivity index (χ4n) is 5.97. The minimum atomic E-state index is 0.00279. The first-order valence-electron chi connectivity index (χ1n) is 15.1. The number of phenolic OH excluding ortho intramolecular Hbond substituents is 1. The van der Waals surface area contributed by atoms with Gasteiger partial charge in [-0.2, -0.15) is 0 Å². The van der Waals surface area contributed by atoms with Crippen LogP contribution in [0, 0.1) is 0 Å². The van der Waals surface area contributed by atoms with Gasteiger partial charge >= 0.3 is 0 Å². The molecule has 9 nitrogen and oxygen atoms in total.